The molecule has 0 aliphatic heterocycles. The van der Waals surface area contributed by atoms with Crippen LogP contribution in [0.5, 0.6) is 0 Å². The Kier molecular flexibility index (Phi) is 5.15. The molecule has 0 spiro atoms. The predicted molar refractivity (Wildman–Crippen MR) is 98.3 cm³/mol. The average Bonchev–Trinajstić information content (AvgIpc) is 3.09. The molecule has 1 aromatic heterocycles. The summed E-state index contributed by atoms with van der Waals surface area (Å²) in [5.41, 5.74) is 2.27. The van der Waals surface area contributed by atoms with Crippen LogP contribution < -0.4 is 10.5 Å². The molecular weight excluding hydrogens is 352 g/mol. The minimum atomic E-state index is -3.80. The van der Waals surface area contributed by atoms with E-state index in [4.69, 9.17) is 5.14 Å². The third-order valence-corrected chi connectivity index (χ3v) is 4.65. The molecule has 0 radical (unpaired) electrons. The molecule has 0 unspecified atom stereocenters. The molecule has 0 saturated heterocycles. The van der Waals surface area contributed by atoms with Crippen LogP contribution in [0, 0.1) is 0 Å². The number of carbonyl (C=O) groups excluding carboxylic acids is 1. The molecule has 26 heavy (non-hydrogen) atoms. The van der Waals surface area contributed by atoms with Crippen molar-refractivity contribution in [3.8, 4) is 5.69 Å². The Morgan fingerprint density at radius 2 is 1.88 bits per heavy atom. The minimum absolute atomic E-state index is 0.0422. The van der Waals surface area contributed by atoms with Crippen molar-refractivity contribution in [3.63, 3.8) is 0 Å². The van der Waals surface area contributed by atoms with Crippen LogP contribution in [0.4, 0.5) is 5.69 Å². The van der Waals surface area contributed by atoms with Gasteiger partial charge in [-0.25, -0.2) is 18.2 Å². The molecule has 1 heterocycles. The van der Waals surface area contributed by atoms with Gasteiger partial charge in [0.15, 0.2) is 0 Å². The lowest BCUT2D eigenvalue weighted by atomic mass is 10.2. The molecule has 0 aliphatic carbocycles. The second-order valence-electron chi connectivity index (χ2n) is 5.75. The highest BCUT2D eigenvalue weighted by atomic mass is 32.2. The van der Waals surface area contributed by atoms with Crippen molar-refractivity contribution < 1.29 is 13.2 Å². The number of aryl methyl sites for hydroxylation is 1. The van der Waals surface area contributed by atoms with Gasteiger partial charge in [-0.1, -0.05) is 24.3 Å². The number of primary sulfonamides is 1. The number of hydrogen-bond acceptors (Lipinski definition) is 4. The maximum atomic E-state index is 12.1. The van der Waals surface area contributed by atoms with Gasteiger partial charge in [0.2, 0.25) is 15.9 Å². The van der Waals surface area contributed by atoms with E-state index in [1.807, 2.05) is 36.5 Å². The van der Waals surface area contributed by atoms with E-state index in [2.05, 4.69) is 10.4 Å². The van der Waals surface area contributed by atoms with E-state index in [1.54, 1.807) is 16.9 Å². The quantitative estimate of drug-likeness (QED) is 0.693. The van der Waals surface area contributed by atoms with Crippen LogP contribution in [0.3, 0.4) is 0 Å². The van der Waals surface area contributed by atoms with E-state index < -0.39 is 10.0 Å². The van der Waals surface area contributed by atoms with Gasteiger partial charge in [-0.15, -0.1) is 0 Å². The summed E-state index contributed by atoms with van der Waals surface area (Å²) in [6, 6.07) is 15.5. The molecule has 0 fully saturated rings. The minimum Gasteiger partial charge on any atom is -0.326 e. The van der Waals surface area contributed by atoms with Gasteiger partial charge in [0.25, 0.3) is 0 Å². The molecule has 0 saturated carbocycles. The average molecular weight is 370 g/mol. The lowest BCUT2D eigenvalue weighted by molar-refractivity contribution is -0.116. The van der Waals surface area contributed by atoms with Crippen LogP contribution in [0.15, 0.2) is 71.9 Å². The van der Waals surface area contributed by atoms with Gasteiger partial charge < -0.3 is 5.32 Å². The Morgan fingerprint density at radius 1 is 1.12 bits per heavy atom. The van der Waals surface area contributed by atoms with E-state index in [0.717, 1.165) is 11.3 Å². The summed E-state index contributed by atoms with van der Waals surface area (Å²) < 4.78 is 24.5. The van der Waals surface area contributed by atoms with Crippen LogP contribution in [0.2, 0.25) is 0 Å². The summed E-state index contributed by atoms with van der Waals surface area (Å²) in [5.74, 6) is -0.218. The summed E-state index contributed by atoms with van der Waals surface area (Å²) in [7, 11) is -3.80. The first-order chi connectivity index (χ1) is 12.4. The zero-order chi connectivity index (χ0) is 18.6. The summed E-state index contributed by atoms with van der Waals surface area (Å²) in [6.45, 7) is 0. The van der Waals surface area contributed by atoms with Gasteiger partial charge >= 0.3 is 0 Å². The second-order valence-corrected chi connectivity index (χ2v) is 7.31. The van der Waals surface area contributed by atoms with Crippen molar-refractivity contribution >= 4 is 21.6 Å². The lowest BCUT2D eigenvalue weighted by Crippen LogP contribution is -2.15. The largest absolute Gasteiger partial charge is 0.326 e. The first-order valence-corrected chi connectivity index (χ1v) is 9.48. The Morgan fingerprint density at radius 3 is 2.62 bits per heavy atom. The van der Waals surface area contributed by atoms with E-state index in [9.17, 15) is 13.2 Å². The van der Waals surface area contributed by atoms with Crippen molar-refractivity contribution in [1.29, 1.82) is 0 Å². The number of para-hydroxylation sites is 1. The monoisotopic (exact) mass is 370 g/mol. The molecule has 0 aliphatic rings. The van der Waals surface area contributed by atoms with Gasteiger partial charge in [-0.05, 0) is 42.3 Å². The number of nitrogens with one attached hydrogen (secondary N) is 1. The topological polar surface area (TPSA) is 107 Å². The number of hydrogen-bond donors (Lipinski definition) is 2. The van der Waals surface area contributed by atoms with Crippen molar-refractivity contribution in [2.75, 3.05) is 5.32 Å². The molecule has 3 rings (SSSR count). The highest BCUT2D eigenvalue weighted by molar-refractivity contribution is 7.89. The summed E-state index contributed by atoms with van der Waals surface area (Å²) >= 11 is 0. The fourth-order valence-electron chi connectivity index (χ4n) is 2.44. The number of anilines is 1. The van der Waals surface area contributed by atoms with Crippen molar-refractivity contribution in [2.24, 2.45) is 5.14 Å². The zero-order valence-electron chi connectivity index (χ0n) is 13.9. The standard InChI is InChI=1S/C18H18N4O3S/c19-26(24,25)17-8-4-5-15(11-17)21-18(23)10-9-14-12-20-22(13-14)16-6-2-1-3-7-16/h1-8,11-13H,9-10H2,(H,21,23)(H2,19,24,25). The van der Waals surface area contributed by atoms with E-state index in [1.165, 1.54) is 18.2 Å². The molecule has 7 nitrogen and oxygen atoms in total. The number of aromatic nitrogens is 2. The lowest BCUT2D eigenvalue weighted by Gasteiger charge is -2.06. The van der Waals surface area contributed by atoms with Gasteiger partial charge in [-0.3, -0.25) is 4.79 Å². The fraction of sp³-hybridized carbons (Fsp3) is 0.111. The Bertz CT molecular complexity index is 1010. The van der Waals surface area contributed by atoms with E-state index in [-0.39, 0.29) is 17.2 Å². The maximum absolute atomic E-state index is 12.1. The Balaban J connectivity index is 1.59. The SMILES string of the molecule is NS(=O)(=O)c1cccc(NC(=O)CCc2cnn(-c3ccccc3)c2)c1. The van der Waals surface area contributed by atoms with Gasteiger partial charge in [0.1, 0.15) is 0 Å². The zero-order valence-corrected chi connectivity index (χ0v) is 14.7. The summed E-state index contributed by atoms with van der Waals surface area (Å²) in [6.07, 6.45) is 4.37. The molecular formula is C18H18N4O3S. The van der Waals surface area contributed by atoms with Gasteiger partial charge in [-0.2, -0.15) is 5.10 Å². The third-order valence-electron chi connectivity index (χ3n) is 3.74. The summed E-state index contributed by atoms with van der Waals surface area (Å²) in [5, 5.41) is 12.1. The predicted octanol–water partition coefficient (Wildman–Crippen LogP) is 2.09. The normalized spacial score (nSPS) is 11.3. The number of nitrogens with zero attached hydrogens (tertiary/aromatic N) is 2. The highest BCUT2D eigenvalue weighted by Crippen LogP contribution is 2.15. The van der Waals surface area contributed by atoms with Crippen LogP contribution in [0.1, 0.15) is 12.0 Å². The molecule has 2 aromatic carbocycles. The number of sulfonamides is 1. The molecule has 0 atom stereocenters. The summed E-state index contributed by atoms with van der Waals surface area (Å²) in [4.78, 5) is 12.1. The molecule has 3 N–H and O–H groups in total. The van der Waals surface area contributed by atoms with Crippen LogP contribution in [-0.4, -0.2) is 24.1 Å². The number of benzene rings is 2. The number of carbonyl (C=O) groups is 1. The number of nitrogens with two attached hydrogens (primary N) is 1. The van der Waals surface area contributed by atoms with E-state index >= 15 is 0 Å². The first-order valence-electron chi connectivity index (χ1n) is 7.93. The molecule has 8 heteroatoms. The highest BCUT2D eigenvalue weighted by Gasteiger charge is 2.10. The maximum Gasteiger partial charge on any atom is 0.238 e. The number of amides is 1. The molecule has 134 valence electrons. The number of rotatable bonds is 6. The third kappa shape index (κ3) is 4.56. The van der Waals surface area contributed by atoms with Crippen LogP contribution >= 0.6 is 0 Å². The first kappa shape index (κ1) is 17.8. The molecule has 3 aromatic rings. The van der Waals surface area contributed by atoms with Gasteiger partial charge in [0, 0.05) is 18.3 Å². The van der Waals surface area contributed by atoms with Crippen LogP contribution in [-0.2, 0) is 21.2 Å². The fourth-order valence-corrected chi connectivity index (χ4v) is 3.00. The Labute approximate surface area is 151 Å². The van der Waals surface area contributed by atoms with Crippen molar-refractivity contribution in [1.82, 2.24) is 9.78 Å². The van der Waals surface area contributed by atoms with Crippen molar-refractivity contribution in [2.45, 2.75) is 17.7 Å². The van der Waals surface area contributed by atoms with Crippen molar-refractivity contribution in [3.05, 3.63) is 72.6 Å². The molecule has 1 amide bonds. The smallest absolute Gasteiger partial charge is 0.238 e. The Hall–Kier alpha value is -2.97. The second kappa shape index (κ2) is 7.51. The molecule has 0 bridgehead atoms. The van der Waals surface area contributed by atoms with Crippen LogP contribution in [0.25, 0.3) is 5.69 Å². The van der Waals surface area contributed by atoms with E-state index in [0.29, 0.717) is 12.1 Å². The van der Waals surface area contributed by atoms with Gasteiger partial charge in [0.05, 0.1) is 16.8 Å².